The fraction of sp³-hybridized carbons (Fsp3) is 0.550. The number of morpholine rings is 1. The average molecular weight is 385 g/mol. The van der Waals surface area contributed by atoms with Gasteiger partial charge in [-0.1, -0.05) is 5.16 Å². The summed E-state index contributed by atoms with van der Waals surface area (Å²) in [5.74, 6) is 0.279. The molecule has 148 valence electrons. The standard InChI is InChI=1S/C20H24FN5O2/c1-11-7-26-16-13(5-14-17(15(16)21)28-24-19(14)25(3)4)6-20(8-22-10-23-9-20)18(26)12(2)27-11/h5,8-9,11-12,18H,6-7,10H2,1-4H3/t11-,12+,18-/m0/s1. The van der Waals surface area contributed by atoms with Gasteiger partial charge in [-0.3, -0.25) is 9.98 Å². The van der Waals surface area contributed by atoms with Crippen LogP contribution < -0.4 is 9.80 Å². The molecule has 8 heteroatoms. The first-order valence-electron chi connectivity index (χ1n) is 9.63. The Balaban J connectivity index is 1.76. The summed E-state index contributed by atoms with van der Waals surface area (Å²) in [5.41, 5.74) is 1.31. The average Bonchev–Trinajstić information content (AvgIpc) is 3.06. The van der Waals surface area contributed by atoms with Crippen molar-refractivity contribution in [2.45, 2.75) is 38.5 Å². The van der Waals surface area contributed by atoms with Crippen LogP contribution in [0, 0.1) is 11.2 Å². The maximum Gasteiger partial charge on any atom is 0.206 e. The molecule has 3 aliphatic rings. The molecule has 4 heterocycles. The third-order valence-electron chi connectivity index (χ3n) is 6.00. The first kappa shape index (κ1) is 17.6. The first-order chi connectivity index (χ1) is 13.4. The second-order valence-electron chi connectivity index (χ2n) is 8.28. The van der Waals surface area contributed by atoms with E-state index in [1.165, 1.54) is 0 Å². The molecule has 7 nitrogen and oxygen atoms in total. The molecule has 3 aliphatic heterocycles. The van der Waals surface area contributed by atoms with Gasteiger partial charge in [-0.25, -0.2) is 4.39 Å². The number of aliphatic imine (C=N–C) groups is 2. The normalized spacial score (nSPS) is 27.9. The Hall–Kier alpha value is -2.48. The van der Waals surface area contributed by atoms with Crippen molar-refractivity contribution in [2.24, 2.45) is 15.4 Å². The maximum atomic E-state index is 15.7. The lowest BCUT2D eigenvalue weighted by molar-refractivity contribution is -0.0432. The van der Waals surface area contributed by atoms with E-state index in [1.54, 1.807) is 0 Å². The van der Waals surface area contributed by atoms with Crippen molar-refractivity contribution in [3.05, 3.63) is 17.4 Å². The van der Waals surface area contributed by atoms with E-state index < -0.39 is 5.41 Å². The molecule has 1 fully saturated rings. The van der Waals surface area contributed by atoms with Gasteiger partial charge in [0, 0.05) is 33.1 Å². The van der Waals surface area contributed by atoms with E-state index in [0.717, 1.165) is 5.56 Å². The Morgan fingerprint density at radius 3 is 2.71 bits per heavy atom. The molecule has 2 aromatic rings. The van der Waals surface area contributed by atoms with E-state index >= 15 is 4.39 Å². The highest BCUT2D eigenvalue weighted by Crippen LogP contribution is 2.47. The minimum Gasteiger partial charge on any atom is -0.372 e. The van der Waals surface area contributed by atoms with Gasteiger partial charge in [-0.15, -0.1) is 0 Å². The number of aromatic nitrogens is 1. The number of nitrogens with zero attached hydrogens (tertiary/aromatic N) is 5. The summed E-state index contributed by atoms with van der Waals surface area (Å²) in [6.07, 6.45) is 4.49. The van der Waals surface area contributed by atoms with Crippen LogP contribution in [-0.2, 0) is 11.2 Å². The van der Waals surface area contributed by atoms with Gasteiger partial charge >= 0.3 is 0 Å². The Bertz CT molecular complexity index is 986. The highest BCUT2D eigenvalue weighted by molar-refractivity contribution is 5.97. The third-order valence-corrected chi connectivity index (χ3v) is 6.00. The van der Waals surface area contributed by atoms with Crippen molar-refractivity contribution in [1.82, 2.24) is 5.16 Å². The summed E-state index contributed by atoms with van der Waals surface area (Å²) >= 11 is 0. The first-order valence-corrected chi connectivity index (χ1v) is 9.63. The van der Waals surface area contributed by atoms with E-state index in [-0.39, 0.29) is 29.7 Å². The Kier molecular flexibility index (Phi) is 3.78. The molecule has 1 aromatic heterocycles. The smallest absolute Gasteiger partial charge is 0.206 e. The Morgan fingerprint density at radius 2 is 2.00 bits per heavy atom. The van der Waals surface area contributed by atoms with Crippen molar-refractivity contribution in [1.29, 1.82) is 0 Å². The second-order valence-corrected chi connectivity index (χ2v) is 8.28. The molecule has 0 N–H and O–H groups in total. The zero-order chi connectivity index (χ0) is 19.6. The quantitative estimate of drug-likeness (QED) is 0.755. The summed E-state index contributed by atoms with van der Waals surface area (Å²) in [7, 11) is 3.75. The number of rotatable bonds is 1. The summed E-state index contributed by atoms with van der Waals surface area (Å²) < 4.78 is 27.2. The fourth-order valence-corrected chi connectivity index (χ4v) is 5.10. The summed E-state index contributed by atoms with van der Waals surface area (Å²) in [4.78, 5) is 12.9. The van der Waals surface area contributed by atoms with Crippen LogP contribution in [0.3, 0.4) is 0 Å². The van der Waals surface area contributed by atoms with Crippen molar-refractivity contribution in [2.75, 3.05) is 37.1 Å². The van der Waals surface area contributed by atoms with Gasteiger partial charge in [0.25, 0.3) is 0 Å². The fourth-order valence-electron chi connectivity index (χ4n) is 5.10. The zero-order valence-electron chi connectivity index (χ0n) is 16.5. The minimum absolute atomic E-state index is 0.00567. The second kappa shape index (κ2) is 6.01. The lowest BCUT2D eigenvalue weighted by Gasteiger charge is -2.54. The number of hydrogen-bond acceptors (Lipinski definition) is 7. The monoisotopic (exact) mass is 385 g/mol. The number of hydrogen-bond donors (Lipinski definition) is 0. The van der Waals surface area contributed by atoms with Gasteiger partial charge in [0.15, 0.2) is 11.6 Å². The van der Waals surface area contributed by atoms with E-state index in [2.05, 4.69) is 20.0 Å². The van der Waals surface area contributed by atoms with Gasteiger partial charge in [0.05, 0.1) is 34.7 Å². The number of fused-ring (bicyclic) bond motifs is 5. The molecule has 0 saturated carbocycles. The van der Waals surface area contributed by atoms with Crippen LogP contribution in [0.25, 0.3) is 11.0 Å². The molecule has 1 saturated heterocycles. The lowest BCUT2D eigenvalue weighted by atomic mass is 9.69. The Labute approximate surface area is 162 Å². The van der Waals surface area contributed by atoms with Crippen LogP contribution in [0.15, 0.2) is 20.6 Å². The molecular formula is C20H24FN5O2. The predicted molar refractivity (Wildman–Crippen MR) is 107 cm³/mol. The summed E-state index contributed by atoms with van der Waals surface area (Å²) in [6.45, 7) is 5.11. The molecule has 0 radical (unpaired) electrons. The van der Waals surface area contributed by atoms with Gasteiger partial charge in [0.1, 0.15) is 6.67 Å². The molecule has 1 aromatic carbocycles. The van der Waals surface area contributed by atoms with Gasteiger partial charge in [0.2, 0.25) is 5.58 Å². The SMILES string of the molecule is C[C@H]1CN2c3c(cc4c(N(C)C)noc4c3F)CC3(C=NCN=C3)[C@@H]2[C@@H](C)O1. The molecule has 3 atom stereocenters. The van der Waals surface area contributed by atoms with Crippen molar-refractivity contribution < 1.29 is 13.7 Å². The Morgan fingerprint density at radius 1 is 1.25 bits per heavy atom. The highest BCUT2D eigenvalue weighted by Gasteiger charge is 2.52. The zero-order valence-corrected chi connectivity index (χ0v) is 16.5. The summed E-state index contributed by atoms with van der Waals surface area (Å²) in [5, 5.41) is 4.77. The molecule has 0 unspecified atom stereocenters. The van der Waals surface area contributed by atoms with Gasteiger partial charge < -0.3 is 19.1 Å². The molecule has 0 amide bonds. The van der Waals surface area contributed by atoms with E-state index in [1.807, 2.05) is 51.3 Å². The maximum absolute atomic E-state index is 15.7. The number of benzene rings is 1. The van der Waals surface area contributed by atoms with Crippen LogP contribution in [-0.4, -0.2) is 63.1 Å². The molecule has 28 heavy (non-hydrogen) atoms. The van der Waals surface area contributed by atoms with E-state index in [9.17, 15) is 0 Å². The van der Waals surface area contributed by atoms with Crippen LogP contribution in [0.5, 0.6) is 0 Å². The molecule has 0 bridgehead atoms. The number of halogens is 1. The number of ether oxygens (including phenoxy) is 1. The van der Waals surface area contributed by atoms with E-state index in [0.29, 0.717) is 36.5 Å². The molecule has 5 rings (SSSR count). The highest BCUT2D eigenvalue weighted by atomic mass is 19.1. The van der Waals surface area contributed by atoms with Crippen molar-refractivity contribution in [3.8, 4) is 0 Å². The lowest BCUT2D eigenvalue weighted by Crippen LogP contribution is -2.65. The summed E-state index contributed by atoms with van der Waals surface area (Å²) in [6, 6.07) is 1.94. The number of anilines is 2. The minimum atomic E-state index is -0.416. The van der Waals surface area contributed by atoms with Crippen LogP contribution in [0.1, 0.15) is 19.4 Å². The topological polar surface area (TPSA) is 66.5 Å². The third kappa shape index (κ3) is 2.33. The molecular weight excluding hydrogens is 361 g/mol. The van der Waals surface area contributed by atoms with Crippen LogP contribution in [0.2, 0.25) is 0 Å². The van der Waals surface area contributed by atoms with Crippen LogP contribution in [0.4, 0.5) is 15.9 Å². The van der Waals surface area contributed by atoms with E-state index in [4.69, 9.17) is 9.26 Å². The largest absolute Gasteiger partial charge is 0.372 e. The molecule has 1 spiro atoms. The predicted octanol–water partition coefficient (Wildman–Crippen LogP) is 2.67. The van der Waals surface area contributed by atoms with Gasteiger partial charge in [-0.2, -0.15) is 0 Å². The van der Waals surface area contributed by atoms with Crippen LogP contribution >= 0.6 is 0 Å². The van der Waals surface area contributed by atoms with Crippen molar-refractivity contribution >= 4 is 34.9 Å². The van der Waals surface area contributed by atoms with Gasteiger partial charge in [-0.05, 0) is 31.9 Å². The molecule has 0 aliphatic carbocycles. The van der Waals surface area contributed by atoms with Crippen molar-refractivity contribution in [3.63, 3.8) is 0 Å².